The zero-order valence-electron chi connectivity index (χ0n) is 16.7. The van der Waals surface area contributed by atoms with Gasteiger partial charge >= 0.3 is 0 Å². The summed E-state index contributed by atoms with van der Waals surface area (Å²) in [5, 5.41) is 0. The number of fused-ring (bicyclic) bond motifs is 2. The highest BCUT2D eigenvalue weighted by atomic mass is 16.2. The summed E-state index contributed by atoms with van der Waals surface area (Å²) < 4.78 is 0. The Hall–Kier alpha value is -1.91. The minimum Gasteiger partial charge on any atom is -0.335 e. The van der Waals surface area contributed by atoms with Crippen LogP contribution in [0.4, 0.5) is 0 Å². The Morgan fingerprint density at radius 2 is 1.18 bits per heavy atom. The monoisotopic (exact) mass is 381 g/mol. The van der Waals surface area contributed by atoms with Crippen molar-refractivity contribution in [2.24, 2.45) is 11.8 Å². The summed E-state index contributed by atoms with van der Waals surface area (Å²) in [4.78, 5) is 34.8. The summed E-state index contributed by atoms with van der Waals surface area (Å²) in [5.74, 6) is 1.47. The minimum absolute atomic E-state index is 0.0634. The molecule has 4 atom stereocenters. The van der Waals surface area contributed by atoms with Crippen LogP contribution in [0.2, 0.25) is 0 Å². The summed E-state index contributed by atoms with van der Waals surface area (Å²) in [6.45, 7) is 1.70. The first-order valence-electron chi connectivity index (χ1n) is 11.3. The molecule has 0 aromatic carbocycles. The van der Waals surface area contributed by atoms with Crippen molar-refractivity contribution >= 4 is 11.8 Å². The van der Waals surface area contributed by atoms with Crippen molar-refractivity contribution in [1.29, 1.82) is 0 Å². The Kier molecular flexibility index (Phi) is 4.85. The Morgan fingerprint density at radius 3 is 1.68 bits per heavy atom. The van der Waals surface area contributed by atoms with Crippen LogP contribution >= 0.6 is 0 Å². The summed E-state index contributed by atoms with van der Waals surface area (Å²) in [7, 11) is 0. The van der Waals surface area contributed by atoms with Crippen LogP contribution in [0.15, 0.2) is 18.5 Å². The Morgan fingerprint density at radius 1 is 0.714 bits per heavy atom. The molecule has 150 valence electrons. The molecule has 4 unspecified atom stereocenters. The van der Waals surface area contributed by atoms with Gasteiger partial charge in [-0.3, -0.25) is 14.6 Å². The van der Waals surface area contributed by atoms with Crippen molar-refractivity contribution < 1.29 is 9.59 Å². The maximum Gasteiger partial charge on any atom is 0.255 e. The zero-order chi connectivity index (χ0) is 19.1. The van der Waals surface area contributed by atoms with Gasteiger partial charge in [0.25, 0.3) is 11.8 Å². The molecule has 5 nitrogen and oxygen atoms in total. The second-order valence-corrected chi connectivity index (χ2v) is 9.26. The second-order valence-electron chi connectivity index (χ2n) is 9.26. The summed E-state index contributed by atoms with van der Waals surface area (Å²) in [6, 6.07) is 2.58. The van der Waals surface area contributed by atoms with Gasteiger partial charge in [-0.1, -0.05) is 25.7 Å². The number of likely N-dealkylation sites (tertiary alicyclic amines) is 2. The summed E-state index contributed by atoms with van der Waals surface area (Å²) in [6.07, 6.45) is 15.3. The van der Waals surface area contributed by atoms with Gasteiger partial charge in [0.05, 0.1) is 11.1 Å². The Bertz CT molecular complexity index is 705. The molecule has 0 bridgehead atoms. The van der Waals surface area contributed by atoms with Crippen molar-refractivity contribution in [3.63, 3.8) is 0 Å². The van der Waals surface area contributed by atoms with E-state index in [-0.39, 0.29) is 11.8 Å². The third kappa shape index (κ3) is 3.13. The molecular formula is C23H31N3O2. The van der Waals surface area contributed by atoms with E-state index in [2.05, 4.69) is 14.8 Å². The predicted octanol–water partition coefficient (Wildman–Crippen LogP) is 3.89. The third-order valence-electron chi connectivity index (χ3n) is 7.77. The highest BCUT2D eigenvalue weighted by Crippen LogP contribution is 2.38. The Balaban J connectivity index is 1.33. The fourth-order valence-corrected chi connectivity index (χ4v) is 6.32. The number of aromatic nitrogens is 1. The molecule has 5 heteroatoms. The van der Waals surface area contributed by atoms with E-state index >= 15 is 0 Å². The zero-order valence-corrected chi connectivity index (χ0v) is 16.7. The molecule has 0 N–H and O–H groups in total. The van der Waals surface area contributed by atoms with Gasteiger partial charge in [0, 0.05) is 37.6 Å². The number of nitrogens with zero attached hydrogens (tertiary/aromatic N) is 3. The molecule has 28 heavy (non-hydrogen) atoms. The van der Waals surface area contributed by atoms with E-state index in [0.29, 0.717) is 35.0 Å². The number of hydrogen-bond acceptors (Lipinski definition) is 3. The van der Waals surface area contributed by atoms with Crippen LogP contribution in [0.3, 0.4) is 0 Å². The lowest BCUT2D eigenvalue weighted by Crippen LogP contribution is -2.40. The molecule has 5 rings (SSSR count). The number of carbonyl (C=O) groups is 2. The fourth-order valence-electron chi connectivity index (χ4n) is 6.32. The van der Waals surface area contributed by atoms with Crippen LogP contribution < -0.4 is 0 Å². The lowest BCUT2D eigenvalue weighted by molar-refractivity contribution is 0.0687. The molecule has 2 aliphatic carbocycles. The molecule has 0 radical (unpaired) electrons. The molecule has 2 aliphatic heterocycles. The van der Waals surface area contributed by atoms with Gasteiger partial charge in [0.2, 0.25) is 0 Å². The molecule has 0 spiro atoms. The number of hydrogen-bond donors (Lipinski definition) is 0. The molecule has 2 saturated heterocycles. The molecule has 1 aromatic rings. The maximum absolute atomic E-state index is 13.2. The number of rotatable bonds is 2. The summed E-state index contributed by atoms with van der Waals surface area (Å²) in [5.41, 5.74) is 1.16. The van der Waals surface area contributed by atoms with E-state index in [1.165, 1.54) is 38.5 Å². The van der Waals surface area contributed by atoms with Crippen molar-refractivity contribution in [3.05, 3.63) is 29.6 Å². The van der Waals surface area contributed by atoms with Crippen LogP contribution in [0.1, 0.15) is 84.9 Å². The molecule has 2 saturated carbocycles. The standard InChI is InChI=1S/C23H31N3O2/c27-22(25-11-9-16-5-1-3-7-20(16)25)18-13-19(15-24-14-18)23(28)26-12-10-17-6-2-4-8-21(17)26/h13-17,20-21H,1-12H2. The first kappa shape index (κ1) is 18.1. The number of carbonyl (C=O) groups excluding carboxylic acids is 2. The quantitative estimate of drug-likeness (QED) is 0.781. The maximum atomic E-state index is 13.2. The van der Waals surface area contributed by atoms with Crippen LogP contribution in [-0.2, 0) is 0 Å². The SMILES string of the molecule is O=C(c1cncc(C(=O)N2CCC3CCCCC32)c1)N1CCC2CCCCC21. The highest BCUT2D eigenvalue weighted by Gasteiger charge is 2.40. The van der Waals surface area contributed by atoms with E-state index in [1.807, 2.05) is 0 Å². The van der Waals surface area contributed by atoms with Gasteiger partial charge in [0.1, 0.15) is 0 Å². The predicted molar refractivity (Wildman–Crippen MR) is 107 cm³/mol. The average Bonchev–Trinajstić information content (AvgIpc) is 3.37. The van der Waals surface area contributed by atoms with Crippen molar-refractivity contribution in [2.75, 3.05) is 13.1 Å². The first-order chi connectivity index (χ1) is 13.7. The lowest BCUT2D eigenvalue weighted by Gasteiger charge is -2.32. The van der Waals surface area contributed by atoms with Gasteiger partial charge in [0.15, 0.2) is 0 Å². The first-order valence-corrected chi connectivity index (χ1v) is 11.3. The van der Waals surface area contributed by atoms with Gasteiger partial charge in [-0.25, -0.2) is 0 Å². The fraction of sp³-hybridized carbons (Fsp3) is 0.696. The van der Waals surface area contributed by atoms with Crippen LogP contribution in [0, 0.1) is 11.8 Å². The van der Waals surface area contributed by atoms with E-state index < -0.39 is 0 Å². The third-order valence-corrected chi connectivity index (χ3v) is 7.77. The topological polar surface area (TPSA) is 53.5 Å². The summed E-state index contributed by atoms with van der Waals surface area (Å²) >= 11 is 0. The minimum atomic E-state index is 0.0634. The van der Waals surface area contributed by atoms with Gasteiger partial charge in [-0.15, -0.1) is 0 Å². The van der Waals surface area contributed by atoms with Gasteiger partial charge in [-0.2, -0.15) is 0 Å². The molecule has 4 aliphatic rings. The van der Waals surface area contributed by atoms with Crippen molar-refractivity contribution in [3.8, 4) is 0 Å². The number of amides is 2. The highest BCUT2D eigenvalue weighted by molar-refractivity contribution is 5.99. The van der Waals surface area contributed by atoms with Gasteiger partial charge in [-0.05, 0) is 56.4 Å². The molecule has 3 heterocycles. The average molecular weight is 382 g/mol. The second kappa shape index (κ2) is 7.49. The lowest BCUT2D eigenvalue weighted by atomic mass is 9.85. The largest absolute Gasteiger partial charge is 0.335 e. The molecular weight excluding hydrogens is 350 g/mol. The van der Waals surface area contributed by atoms with Crippen molar-refractivity contribution in [1.82, 2.24) is 14.8 Å². The van der Waals surface area contributed by atoms with Crippen LogP contribution in [-0.4, -0.2) is 51.8 Å². The number of pyridine rings is 1. The van der Waals surface area contributed by atoms with E-state index in [1.54, 1.807) is 18.5 Å². The van der Waals surface area contributed by atoms with Crippen LogP contribution in [0.25, 0.3) is 0 Å². The normalized spacial score (nSPS) is 32.1. The molecule has 4 fully saturated rings. The van der Waals surface area contributed by atoms with E-state index in [4.69, 9.17) is 0 Å². The van der Waals surface area contributed by atoms with Crippen LogP contribution in [0.5, 0.6) is 0 Å². The van der Waals surface area contributed by atoms with E-state index in [9.17, 15) is 9.59 Å². The Labute approximate surface area is 167 Å². The van der Waals surface area contributed by atoms with Gasteiger partial charge < -0.3 is 9.80 Å². The smallest absolute Gasteiger partial charge is 0.255 e. The molecule has 2 amide bonds. The molecule has 1 aromatic heterocycles. The van der Waals surface area contributed by atoms with Crippen molar-refractivity contribution in [2.45, 2.75) is 76.3 Å². The van der Waals surface area contributed by atoms with E-state index in [0.717, 1.165) is 38.8 Å².